The Hall–Kier alpha value is -3.78. The Morgan fingerprint density at radius 1 is 0.357 bits per heavy atom. The van der Waals surface area contributed by atoms with Crippen LogP contribution >= 0.6 is 0 Å². The molecule has 0 bridgehead atoms. The van der Waals surface area contributed by atoms with Crippen molar-refractivity contribution >= 4 is 11.6 Å². The number of benzene rings is 4. The van der Waals surface area contributed by atoms with Gasteiger partial charge >= 0.3 is 0 Å². The minimum absolute atomic E-state index is 0.0954. The number of ketones is 2. The fourth-order valence-electron chi connectivity index (χ4n) is 3.95. The number of carbonyl (C=O) groups excluding carboxylic acids is 2. The third kappa shape index (κ3) is 2.43. The van der Waals surface area contributed by atoms with Crippen LogP contribution in [0.1, 0.15) is 31.8 Å². The Morgan fingerprint density at radius 3 is 1.50 bits per heavy atom. The van der Waals surface area contributed by atoms with Crippen LogP contribution in [-0.2, 0) is 0 Å². The molecular formula is C26H16O2. The van der Waals surface area contributed by atoms with Gasteiger partial charge in [-0.25, -0.2) is 0 Å². The molecule has 0 N–H and O–H groups in total. The normalized spacial score (nSPS) is 12.4. The molecule has 0 fully saturated rings. The molecular weight excluding hydrogens is 344 g/mol. The number of carbonyl (C=O) groups is 2. The summed E-state index contributed by atoms with van der Waals surface area (Å²) in [7, 11) is 0. The van der Waals surface area contributed by atoms with Gasteiger partial charge in [-0.15, -0.1) is 0 Å². The van der Waals surface area contributed by atoms with E-state index in [1.54, 1.807) is 30.3 Å². The first-order valence-electron chi connectivity index (χ1n) is 9.22. The summed E-state index contributed by atoms with van der Waals surface area (Å²) in [4.78, 5) is 26.6. The fourth-order valence-corrected chi connectivity index (χ4v) is 3.95. The molecule has 28 heavy (non-hydrogen) atoms. The van der Waals surface area contributed by atoms with Crippen molar-refractivity contribution in [2.75, 3.05) is 0 Å². The van der Waals surface area contributed by atoms with E-state index in [1.807, 2.05) is 66.7 Å². The second-order valence-corrected chi connectivity index (χ2v) is 6.85. The highest BCUT2D eigenvalue weighted by Gasteiger charge is 2.32. The second kappa shape index (κ2) is 6.43. The van der Waals surface area contributed by atoms with Crippen LogP contribution in [0.5, 0.6) is 0 Å². The van der Waals surface area contributed by atoms with Crippen LogP contribution < -0.4 is 0 Å². The molecule has 2 nitrogen and oxygen atoms in total. The minimum atomic E-state index is -0.0955. The summed E-state index contributed by atoms with van der Waals surface area (Å²) in [5.41, 5.74) is 5.64. The fraction of sp³-hybridized carbons (Fsp3) is 0. The van der Waals surface area contributed by atoms with Gasteiger partial charge in [0.15, 0.2) is 11.6 Å². The molecule has 0 amide bonds. The van der Waals surface area contributed by atoms with E-state index in [-0.39, 0.29) is 11.6 Å². The first kappa shape index (κ1) is 16.4. The lowest BCUT2D eigenvalue weighted by Gasteiger charge is -2.23. The number of fused-ring (bicyclic) bond motifs is 2. The standard InChI is InChI=1S/C26H16O2/c27-25-20-13-7-8-14-21(20)26(28)24-22(25)16-15-19(17-9-3-1-4-10-17)23(24)18-11-5-2-6-12-18/h1-16H. The lowest BCUT2D eigenvalue weighted by molar-refractivity contribution is 0.0979. The molecule has 0 aromatic heterocycles. The van der Waals surface area contributed by atoms with E-state index in [1.165, 1.54) is 0 Å². The lowest BCUT2D eigenvalue weighted by Crippen LogP contribution is -2.22. The zero-order valence-corrected chi connectivity index (χ0v) is 15.1. The molecule has 0 saturated carbocycles. The predicted molar refractivity (Wildman–Crippen MR) is 111 cm³/mol. The molecule has 0 aliphatic heterocycles. The molecule has 4 aromatic rings. The third-order valence-electron chi connectivity index (χ3n) is 5.24. The molecule has 0 radical (unpaired) electrons. The maximum absolute atomic E-state index is 13.5. The van der Waals surface area contributed by atoms with E-state index < -0.39 is 0 Å². The smallest absolute Gasteiger partial charge is 0.195 e. The number of rotatable bonds is 2. The van der Waals surface area contributed by atoms with Gasteiger partial charge in [0.05, 0.1) is 0 Å². The average molecular weight is 360 g/mol. The van der Waals surface area contributed by atoms with Crippen LogP contribution in [0, 0.1) is 0 Å². The molecule has 0 saturated heterocycles. The zero-order chi connectivity index (χ0) is 19.1. The van der Waals surface area contributed by atoms with Crippen LogP contribution in [0.2, 0.25) is 0 Å². The quantitative estimate of drug-likeness (QED) is 0.399. The highest BCUT2D eigenvalue weighted by atomic mass is 16.1. The Labute approximate surface area is 163 Å². The van der Waals surface area contributed by atoms with Crippen molar-refractivity contribution in [3.05, 3.63) is 119 Å². The van der Waals surface area contributed by atoms with Gasteiger partial charge in [0.2, 0.25) is 0 Å². The van der Waals surface area contributed by atoms with Crippen molar-refractivity contribution in [2.24, 2.45) is 0 Å². The Balaban J connectivity index is 1.87. The van der Waals surface area contributed by atoms with Crippen molar-refractivity contribution in [1.82, 2.24) is 0 Å². The highest BCUT2D eigenvalue weighted by Crippen LogP contribution is 2.40. The first-order valence-corrected chi connectivity index (χ1v) is 9.22. The first-order chi connectivity index (χ1) is 13.8. The van der Waals surface area contributed by atoms with Gasteiger partial charge in [0.1, 0.15) is 0 Å². The number of hydrogen-bond acceptors (Lipinski definition) is 2. The van der Waals surface area contributed by atoms with Crippen molar-refractivity contribution in [3.8, 4) is 22.3 Å². The van der Waals surface area contributed by atoms with E-state index in [4.69, 9.17) is 0 Å². The summed E-state index contributed by atoms with van der Waals surface area (Å²) >= 11 is 0. The van der Waals surface area contributed by atoms with Gasteiger partial charge < -0.3 is 0 Å². The van der Waals surface area contributed by atoms with Gasteiger partial charge in [-0.1, -0.05) is 91.0 Å². The second-order valence-electron chi connectivity index (χ2n) is 6.85. The molecule has 132 valence electrons. The molecule has 1 aliphatic rings. The van der Waals surface area contributed by atoms with Gasteiger partial charge in [-0.3, -0.25) is 9.59 Å². The van der Waals surface area contributed by atoms with Crippen LogP contribution in [0.15, 0.2) is 97.1 Å². The van der Waals surface area contributed by atoms with E-state index in [0.717, 1.165) is 22.3 Å². The van der Waals surface area contributed by atoms with E-state index in [9.17, 15) is 9.59 Å². The SMILES string of the molecule is O=C1c2ccccc2C(=O)c2c1ccc(-c1ccccc1)c2-c1ccccc1. The van der Waals surface area contributed by atoms with Crippen molar-refractivity contribution in [3.63, 3.8) is 0 Å². The number of hydrogen-bond donors (Lipinski definition) is 0. The largest absolute Gasteiger partial charge is 0.289 e. The monoisotopic (exact) mass is 360 g/mol. The van der Waals surface area contributed by atoms with Gasteiger partial charge in [-0.05, 0) is 22.8 Å². The van der Waals surface area contributed by atoms with Crippen LogP contribution in [0.25, 0.3) is 22.3 Å². The molecule has 5 rings (SSSR count). The molecule has 4 aromatic carbocycles. The van der Waals surface area contributed by atoms with Crippen LogP contribution in [-0.4, -0.2) is 11.6 Å². The Bertz CT molecular complexity index is 1220. The van der Waals surface area contributed by atoms with E-state index in [2.05, 4.69) is 0 Å². The Kier molecular flexibility index (Phi) is 3.77. The molecule has 2 heteroatoms. The minimum Gasteiger partial charge on any atom is -0.289 e. The summed E-state index contributed by atoms with van der Waals surface area (Å²) in [6, 6.07) is 30.6. The molecule has 0 atom stereocenters. The van der Waals surface area contributed by atoms with E-state index >= 15 is 0 Å². The Morgan fingerprint density at radius 2 is 0.857 bits per heavy atom. The van der Waals surface area contributed by atoms with Gasteiger partial charge in [0, 0.05) is 27.8 Å². The summed E-state index contributed by atoms with van der Waals surface area (Å²) < 4.78 is 0. The van der Waals surface area contributed by atoms with Crippen molar-refractivity contribution < 1.29 is 9.59 Å². The van der Waals surface area contributed by atoms with Crippen molar-refractivity contribution in [2.45, 2.75) is 0 Å². The summed E-state index contributed by atoms with van der Waals surface area (Å²) in [5, 5.41) is 0. The summed E-state index contributed by atoms with van der Waals surface area (Å²) in [5.74, 6) is -0.191. The van der Waals surface area contributed by atoms with E-state index in [0.29, 0.717) is 22.3 Å². The lowest BCUT2D eigenvalue weighted by atomic mass is 9.78. The average Bonchev–Trinajstić information content (AvgIpc) is 2.78. The maximum Gasteiger partial charge on any atom is 0.195 e. The highest BCUT2D eigenvalue weighted by molar-refractivity contribution is 6.31. The van der Waals surface area contributed by atoms with Crippen molar-refractivity contribution in [1.29, 1.82) is 0 Å². The topological polar surface area (TPSA) is 34.1 Å². The molecule has 0 spiro atoms. The predicted octanol–water partition coefficient (Wildman–Crippen LogP) is 5.80. The maximum atomic E-state index is 13.5. The summed E-state index contributed by atoms with van der Waals surface area (Å²) in [6.45, 7) is 0. The third-order valence-corrected chi connectivity index (χ3v) is 5.24. The van der Waals surface area contributed by atoms with Gasteiger partial charge in [-0.2, -0.15) is 0 Å². The zero-order valence-electron chi connectivity index (χ0n) is 15.1. The molecule has 1 aliphatic carbocycles. The van der Waals surface area contributed by atoms with Crippen LogP contribution in [0.3, 0.4) is 0 Å². The van der Waals surface area contributed by atoms with Gasteiger partial charge in [0.25, 0.3) is 0 Å². The summed E-state index contributed by atoms with van der Waals surface area (Å²) in [6.07, 6.45) is 0. The molecule has 0 heterocycles. The molecule has 0 unspecified atom stereocenters. The van der Waals surface area contributed by atoms with Crippen LogP contribution in [0.4, 0.5) is 0 Å².